The topological polar surface area (TPSA) is 46.3 Å². The van der Waals surface area contributed by atoms with Crippen LogP contribution in [0.1, 0.15) is 32.6 Å². The van der Waals surface area contributed by atoms with Gasteiger partial charge in [0.25, 0.3) is 0 Å². The van der Waals surface area contributed by atoms with Crippen molar-refractivity contribution >= 4 is 17.7 Å². The van der Waals surface area contributed by atoms with Crippen LogP contribution in [-0.4, -0.2) is 41.4 Å². The minimum Gasteiger partial charge on any atom is -0.339 e. The molecule has 0 aromatic carbocycles. The van der Waals surface area contributed by atoms with Crippen LogP contribution in [0.15, 0.2) is 0 Å². The van der Waals surface area contributed by atoms with E-state index in [9.17, 15) is 4.79 Å². The van der Waals surface area contributed by atoms with Crippen molar-refractivity contribution in [1.82, 2.24) is 4.90 Å². The number of carbonyl (C=O) groups excluding carboxylic acids is 1. The molecule has 0 aliphatic heterocycles. The summed E-state index contributed by atoms with van der Waals surface area (Å²) in [6.07, 6.45) is 6.26. The van der Waals surface area contributed by atoms with E-state index in [0.29, 0.717) is 17.8 Å². The predicted molar refractivity (Wildman–Crippen MR) is 66.0 cm³/mol. The van der Waals surface area contributed by atoms with Crippen LogP contribution < -0.4 is 5.73 Å². The predicted octanol–water partition coefficient (Wildman–Crippen LogP) is 1.47. The third-order valence-electron chi connectivity index (χ3n) is 3.11. The Morgan fingerprint density at radius 3 is 2.47 bits per heavy atom. The van der Waals surface area contributed by atoms with Crippen LogP contribution in [0.4, 0.5) is 0 Å². The summed E-state index contributed by atoms with van der Waals surface area (Å²) in [4.78, 5) is 13.9. The summed E-state index contributed by atoms with van der Waals surface area (Å²) < 4.78 is 0. The Bertz CT molecular complexity index is 203. The zero-order chi connectivity index (χ0) is 11.3. The molecule has 2 N–H and O–H groups in total. The second-order valence-electron chi connectivity index (χ2n) is 4.18. The molecule has 15 heavy (non-hydrogen) atoms. The van der Waals surface area contributed by atoms with Crippen LogP contribution in [0.2, 0.25) is 0 Å². The van der Waals surface area contributed by atoms with Crippen LogP contribution in [0.5, 0.6) is 0 Å². The molecule has 88 valence electrons. The van der Waals surface area contributed by atoms with Crippen molar-refractivity contribution in [2.45, 2.75) is 44.7 Å². The normalized spacial score (nSPS) is 26.3. The van der Waals surface area contributed by atoms with Crippen molar-refractivity contribution in [2.75, 3.05) is 18.6 Å². The average molecular weight is 230 g/mol. The van der Waals surface area contributed by atoms with Gasteiger partial charge in [-0.15, -0.1) is 0 Å². The number of nitrogens with zero attached hydrogens (tertiary/aromatic N) is 1. The third kappa shape index (κ3) is 3.68. The van der Waals surface area contributed by atoms with Crippen molar-refractivity contribution in [3.8, 4) is 0 Å². The zero-order valence-corrected chi connectivity index (χ0v) is 10.6. The van der Waals surface area contributed by atoms with Gasteiger partial charge in [0.1, 0.15) is 0 Å². The smallest absolute Gasteiger partial charge is 0.232 e. The SMILES string of the molecule is CCN(C(=O)CSC)C1CCC(N)CC1. The number of carbonyl (C=O) groups is 1. The van der Waals surface area contributed by atoms with Crippen LogP contribution in [0.25, 0.3) is 0 Å². The molecule has 1 fully saturated rings. The highest BCUT2D eigenvalue weighted by atomic mass is 32.2. The maximum absolute atomic E-state index is 11.8. The summed E-state index contributed by atoms with van der Waals surface area (Å²) in [5.41, 5.74) is 5.87. The number of hydrogen-bond donors (Lipinski definition) is 1. The summed E-state index contributed by atoms with van der Waals surface area (Å²) in [5.74, 6) is 0.890. The standard InChI is InChI=1S/C11H22N2OS/c1-3-13(11(14)8-15-2)10-6-4-9(12)5-7-10/h9-10H,3-8,12H2,1-2H3. The Morgan fingerprint density at radius 2 is 2.00 bits per heavy atom. The minimum absolute atomic E-state index is 0.283. The van der Waals surface area contributed by atoms with Crippen LogP contribution in [-0.2, 0) is 4.79 Å². The molecule has 0 unspecified atom stereocenters. The molecule has 0 spiro atoms. The van der Waals surface area contributed by atoms with Crippen LogP contribution >= 0.6 is 11.8 Å². The van der Waals surface area contributed by atoms with E-state index in [0.717, 1.165) is 32.2 Å². The lowest BCUT2D eigenvalue weighted by molar-refractivity contribution is -0.131. The molecule has 1 rings (SSSR count). The fourth-order valence-corrected chi connectivity index (χ4v) is 2.67. The van der Waals surface area contributed by atoms with E-state index in [1.807, 2.05) is 11.2 Å². The maximum Gasteiger partial charge on any atom is 0.232 e. The Morgan fingerprint density at radius 1 is 1.40 bits per heavy atom. The fraction of sp³-hybridized carbons (Fsp3) is 0.909. The van der Waals surface area contributed by atoms with E-state index in [4.69, 9.17) is 5.73 Å². The molecule has 0 atom stereocenters. The quantitative estimate of drug-likeness (QED) is 0.795. The van der Waals surface area contributed by atoms with Gasteiger partial charge in [0.2, 0.25) is 5.91 Å². The van der Waals surface area contributed by atoms with Gasteiger partial charge in [-0.05, 0) is 38.9 Å². The molecular formula is C11H22N2OS. The Balaban J connectivity index is 2.47. The molecule has 1 amide bonds. The summed E-state index contributed by atoms with van der Waals surface area (Å²) in [7, 11) is 0. The molecule has 0 aromatic heterocycles. The molecule has 1 saturated carbocycles. The van der Waals surface area contributed by atoms with Gasteiger partial charge < -0.3 is 10.6 Å². The van der Waals surface area contributed by atoms with Crippen molar-refractivity contribution in [1.29, 1.82) is 0 Å². The monoisotopic (exact) mass is 230 g/mol. The van der Waals surface area contributed by atoms with Crippen LogP contribution in [0, 0.1) is 0 Å². The van der Waals surface area contributed by atoms with Gasteiger partial charge in [-0.25, -0.2) is 0 Å². The first-order valence-corrected chi connectivity index (χ1v) is 7.12. The van der Waals surface area contributed by atoms with Gasteiger partial charge in [-0.3, -0.25) is 4.79 Å². The van der Waals surface area contributed by atoms with Gasteiger partial charge >= 0.3 is 0 Å². The van der Waals surface area contributed by atoms with Crippen molar-refractivity contribution in [3.05, 3.63) is 0 Å². The highest BCUT2D eigenvalue weighted by Gasteiger charge is 2.25. The minimum atomic E-state index is 0.283. The van der Waals surface area contributed by atoms with E-state index in [1.165, 1.54) is 0 Å². The van der Waals surface area contributed by atoms with E-state index < -0.39 is 0 Å². The summed E-state index contributed by atoms with van der Waals surface area (Å²) in [6, 6.07) is 0.796. The summed E-state index contributed by atoms with van der Waals surface area (Å²) >= 11 is 1.60. The third-order valence-corrected chi connectivity index (χ3v) is 3.65. The Labute approximate surface area is 96.8 Å². The summed E-state index contributed by atoms with van der Waals surface area (Å²) in [6.45, 7) is 2.89. The Kier molecular flexibility index (Phi) is 5.47. The zero-order valence-electron chi connectivity index (χ0n) is 9.74. The molecule has 4 heteroatoms. The lowest BCUT2D eigenvalue weighted by Crippen LogP contribution is -2.44. The van der Waals surface area contributed by atoms with Crippen molar-refractivity contribution < 1.29 is 4.79 Å². The van der Waals surface area contributed by atoms with E-state index >= 15 is 0 Å². The molecule has 0 heterocycles. The maximum atomic E-state index is 11.8. The molecule has 0 bridgehead atoms. The van der Waals surface area contributed by atoms with Crippen molar-refractivity contribution in [3.63, 3.8) is 0 Å². The van der Waals surface area contributed by atoms with E-state index in [-0.39, 0.29) is 5.91 Å². The van der Waals surface area contributed by atoms with Crippen LogP contribution in [0.3, 0.4) is 0 Å². The largest absolute Gasteiger partial charge is 0.339 e. The molecule has 0 radical (unpaired) electrons. The highest BCUT2D eigenvalue weighted by Crippen LogP contribution is 2.22. The molecular weight excluding hydrogens is 208 g/mol. The van der Waals surface area contributed by atoms with Gasteiger partial charge in [-0.1, -0.05) is 0 Å². The summed E-state index contributed by atoms with van der Waals surface area (Å²) in [5, 5.41) is 0. The molecule has 1 aliphatic carbocycles. The average Bonchev–Trinajstić information content (AvgIpc) is 2.22. The first kappa shape index (κ1) is 12.8. The van der Waals surface area contributed by atoms with Gasteiger partial charge in [0, 0.05) is 18.6 Å². The number of thioether (sulfide) groups is 1. The van der Waals surface area contributed by atoms with Gasteiger partial charge in [0.15, 0.2) is 0 Å². The molecule has 0 saturated heterocycles. The molecule has 1 aliphatic rings. The van der Waals surface area contributed by atoms with Crippen molar-refractivity contribution in [2.24, 2.45) is 5.73 Å². The second kappa shape index (κ2) is 6.38. The number of amides is 1. The molecule has 3 nitrogen and oxygen atoms in total. The van der Waals surface area contributed by atoms with E-state index in [2.05, 4.69) is 6.92 Å². The van der Waals surface area contributed by atoms with Gasteiger partial charge in [-0.2, -0.15) is 11.8 Å². The Hall–Kier alpha value is -0.220. The number of hydrogen-bond acceptors (Lipinski definition) is 3. The number of nitrogens with two attached hydrogens (primary N) is 1. The fourth-order valence-electron chi connectivity index (χ4n) is 2.26. The number of rotatable bonds is 4. The lowest BCUT2D eigenvalue weighted by atomic mass is 9.91. The van der Waals surface area contributed by atoms with E-state index in [1.54, 1.807) is 11.8 Å². The first-order chi connectivity index (χ1) is 7.19. The second-order valence-corrected chi connectivity index (χ2v) is 5.05. The van der Waals surface area contributed by atoms with Gasteiger partial charge in [0.05, 0.1) is 5.75 Å². The highest BCUT2D eigenvalue weighted by molar-refractivity contribution is 7.99. The lowest BCUT2D eigenvalue weighted by Gasteiger charge is -2.35. The first-order valence-electron chi connectivity index (χ1n) is 5.73. The molecule has 0 aromatic rings.